The Labute approximate surface area is 319 Å². The number of methoxy groups -OCH3 is 1. The molecule has 2 aliphatic heterocycles. The van der Waals surface area contributed by atoms with Crippen LogP contribution in [0.2, 0.25) is 0 Å². The van der Waals surface area contributed by atoms with Crippen molar-refractivity contribution in [3.05, 3.63) is 125 Å². The molecule has 7 rings (SSSR count). The highest BCUT2D eigenvalue weighted by Gasteiger charge is 2.38. The zero-order valence-electron chi connectivity index (χ0n) is 30.0. The molecule has 56 heavy (non-hydrogen) atoms. The van der Waals surface area contributed by atoms with E-state index < -0.39 is 31.3 Å². The molecular weight excluding hydrogens is 787 g/mol. The number of rotatable bonds is 4. The molecule has 17 heteroatoms. The highest BCUT2D eigenvalue weighted by molar-refractivity contribution is 7.86. The van der Waals surface area contributed by atoms with Gasteiger partial charge < -0.3 is 13.8 Å². The fraction of sp³-hybridized carbons (Fsp3) is 0.231. The highest BCUT2D eigenvalue weighted by Crippen LogP contribution is 2.44. The molecule has 0 saturated carbocycles. The Morgan fingerprint density at radius 3 is 1.73 bits per heavy atom. The number of alkyl halides is 6. The summed E-state index contributed by atoms with van der Waals surface area (Å²) in [5, 5.41) is 2.64. The molecule has 9 nitrogen and oxygen atoms in total. The van der Waals surface area contributed by atoms with Gasteiger partial charge >= 0.3 is 11.0 Å². The van der Waals surface area contributed by atoms with Gasteiger partial charge in [-0.1, -0.05) is 54.6 Å². The Balaban J connectivity index is 0.000000317. The van der Waals surface area contributed by atoms with E-state index in [1.807, 2.05) is 12.1 Å². The summed E-state index contributed by atoms with van der Waals surface area (Å²) in [6.07, 6.45) is 15.3. The second-order valence-electron chi connectivity index (χ2n) is 12.7. The Kier molecular flexibility index (Phi) is 12.1. The molecule has 4 heterocycles. The van der Waals surface area contributed by atoms with Crippen molar-refractivity contribution in [3.8, 4) is 28.3 Å². The third kappa shape index (κ3) is 9.12. The van der Waals surface area contributed by atoms with E-state index in [-0.39, 0.29) is 0 Å². The lowest BCUT2D eigenvalue weighted by Crippen LogP contribution is -2.43. The molecule has 5 aromatic rings. The summed E-state index contributed by atoms with van der Waals surface area (Å²) in [4.78, 5) is 0. The van der Waals surface area contributed by atoms with E-state index in [0.29, 0.717) is 0 Å². The van der Waals surface area contributed by atoms with Gasteiger partial charge in [-0.05, 0) is 70.8 Å². The lowest BCUT2D eigenvalue weighted by atomic mass is 9.79. The quantitative estimate of drug-likeness (QED) is 0.0611. The van der Waals surface area contributed by atoms with Crippen LogP contribution in [-0.2, 0) is 46.2 Å². The maximum atomic E-state index is 10.7. The molecule has 3 aromatic carbocycles. The Morgan fingerprint density at radius 2 is 1.18 bits per heavy atom. The van der Waals surface area contributed by atoms with E-state index in [1.54, 1.807) is 7.11 Å². The lowest BCUT2D eigenvalue weighted by molar-refractivity contribution is -0.689. The maximum absolute atomic E-state index is 10.7. The van der Waals surface area contributed by atoms with Crippen molar-refractivity contribution in [3.63, 3.8) is 0 Å². The SMILES string of the molecule is COc1ccc(/C=C/C=C/c2cc[n+]3c(c2)-c2c(c(C)c(C)c4c2-c2c5ccccc5cc[n+]2CC4)CC3)cc1.O=S(=O)([O-])C(F)(F)F.O=S(=O)([O-])C(F)(F)F. The molecule has 0 radical (unpaired) electrons. The molecule has 0 N–H and O–H groups in total. The van der Waals surface area contributed by atoms with Crippen molar-refractivity contribution in [1.82, 2.24) is 0 Å². The van der Waals surface area contributed by atoms with Crippen molar-refractivity contribution in [2.75, 3.05) is 7.11 Å². The minimum Gasteiger partial charge on any atom is -0.741 e. The third-order valence-electron chi connectivity index (χ3n) is 9.39. The number of hydrogen-bond acceptors (Lipinski definition) is 7. The average molecular weight is 821 g/mol. The fourth-order valence-electron chi connectivity index (χ4n) is 6.59. The summed E-state index contributed by atoms with van der Waals surface area (Å²) in [6, 6.07) is 23.9. The molecule has 296 valence electrons. The molecule has 0 aliphatic carbocycles. The first-order valence-corrected chi connectivity index (χ1v) is 19.6. The lowest BCUT2D eigenvalue weighted by Gasteiger charge is -2.27. The Hall–Kier alpha value is -5.10. The van der Waals surface area contributed by atoms with E-state index in [4.69, 9.17) is 30.7 Å². The van der Waals surface area contributed by atoms with Gasteiger partial charge in [-0.25, -0.2) is 16.8 Å². The second kappa shape index (κ2) is 16.2. The minimum atomic E-state index is -6.09. The molecule has 0 atom stereocenters. The topological polar surface area (TPSA) is 131 Å². The van der Waals surface area contributed by atoms with Crippen molar-refractivity contribution in [2.45, 2.75) is 50.8 Å². The minimum absolute atomic E-state index is 0.876. The van der Waals surface area contributed by atoms with E-state index in [1.165, 1.54) is 61.1 Å². The van der Waals surface area contributed by atoms with Crippen molar-refractivity contribution in [1.29, 1.82) is 0 Å². The van der Waals surface area contributed by atoms with Gasteiger partial charge in [-0.15, -0.1) is 0 Å². The van der Waals surface area contributed by atoms with E-state index in [9.17, 15) is 26.3 Å². The number of pyridine rings is 2. The molecule has 0 spiro atoms. The summed E-state index contributed by atoms with van der Waals surface area (Å²) < 4.78 is 128. The van der Waals surface area contributed by atoms with Crippen LogP contribution in [0.1, 0.15) is 33.4 Å². The summed E-state index contributed by atoms with van der Waals surface area (Å²) >= 11 is 0. The van der Waals surface area contributed by atoms with Crippen LogP contribution in [0.4, 0.5) is 26.3 Å². The number of nitrogens with zero attached hydrogens (tertiary/aromatic N) is 2. The zero-order chi connectivity index (χ0) is 41.2. The van der Waals surface area contributed by atoms with Crippen LogP contribution in [0.25, 0.3) is 45.4 Å². The van der Waals surface area contributed by atoms with Gasteiger partial charge in [0.2, 0.25) is 11.4 Å². The fourth-order valence-corrected chi connectivity index (χ4v) is 6.59. The monoisotopic (exact) mass is 820 g/mol. The van der Waals surface area contributed by atoms with Gasteiger partial charge in [0.1, 0.15) is 5.75 Å². The third-order valence-corrected chi connectivity index (χ3v) is 10.5. The molecule has 2 aliphatic rings. The number of ether oxygens (including phenoxy) is 1. The molecule has 0 fully saturated rings. The first-order chi connectivity index (χ1) is 26.1. The van der Waals surface area contributed by atoms with Crippen LogP contribution >= 0.6 is 0 Å². The van der Waals surface area contributed by atoms with E-state index >= 15 is 0 Å². The predicted octanol–water partition coefficient (Wildman–Crippen LogP) is 7.32. The van der Waals surface area contributed by atoms with Crippen molar-refractivity contribution in [2.24, 2.45) is 0 Å². The molecule has 0 amide bonds. The number of fused-ring (bicyclic) bond motifs is 9. The van der Waals surface area contributed by atoms with Crippen LogP contribution in [0.5, 0.6) is 5.75 Å². The van der Waals surface area contributed by atoms with Crippen LogP contribution in [-0.4, -0.2) is 44.1 Å². The standard InChI is InChI=1S/C37H34N2O.2CHF3O3S/c1-25-26(2)32-19-23-39-21-17-29-10-6-7-11-33(29)37(39)36(32)35-31(25)18-22-38-20-16-28(24-34(35)38)9-5-4-8-27-12-14-30(40-3)15-13-27;2*2-1(3,4)8(5,6)7/h4-17,20-21,24H,18-19,22-23H2,1-3H3;2*(H,5,6,7)/q+2;;/p-2/b8-4+,9-5+;;. The normalized spacial score (nSPS) is 13.8. The average Bonchev–Trinajstić information content (AvgIpc) is 3.13. The van der Waals surface area contributed by atoms with Crippen LogP contribution in [0.3, 0.4) is 0 Å². The molecular formula is C39H34F6N2O7S2. The summed E-state index contributed by atoms with van der Waals surface area (Å²) in [6.45, 7) is 6.71. The van der Waals surface area contributed by atoms with Gasteiger partial charge in [0.15, 0.2) is 45.7 Å². The smallest absolute Gasteiger partial charge is 0.485 e. The van der Waals surface area contributed by atoms with Gasteiger partial charge in [0, 0.05) is 31.0 Å². The molecule has 0 unspecified atom stereocenters. The zero-order valence-corrected chi connectivity index (χ0v) is 31.6. The first kappa shape index (κ1) is 42.1. The van der Waals surface area contributed by atoms with Gasteiger partial charge in [-0.2, -0.15) is 35.5 Å². The number of aryl methyl sites for hydroxylation is 2. The van der Waals surface area contributed by atoms with Gasteiger partial charge in [-0.3, -0.25) is 0 Å². The van der Waals surface area contributed by atoms with Crippen molar-refractivity contribution < 1.29 is 66.2 Å². The number of allylic oxidation sites excluding steroid dienone is 2. The number of aromatic nitrogens is 2. The molecule has 0 saturated heterocycles. The summed E-state index contributed by atoms with van der Waals surface area (Å²) in [5.41, 5.74) is 2.61. The molecule has 0 bridgehead atoms. The van der Waals surface area contributed by atoms with Crippen molar-refractivity contribution >= 4 is 43.2 Å². The predicted molar refractivity (Wildman–Crippen MR) is 195 cm³/mol. The summed E-state index contributed by atoms with van der Waals surface area (Å²) in [7, 11) is -10.5. The summed E-state index contributed by atoms with van der Waals surface area (Å²) in [5.74, 6) is 0.876. The maximum Gasteiger partial charge on any atom is 0.485 e. The van der Waals surface area contributed by atoms with Crippen LogP contribution in [0.15, 0.2) is 91.3 Å². The molecule has 2 aromatic heterocycles. The number of benzene rings is 3. The first-order valence-electron chi connectivity index (χ1n) is 16.8. The van der Waals surface area contributed by atoms with Gasteiger partial charge in [0.05, 0.1) is 23.6 Å². The Morgan fingerprint density at radius 1 is 0.679 bits per heavy atom. The number of halogens is 6. The van der Waals surface area contributed by atoms with E-state index in [2.05, 4.69) is 114 Å². The van der Waals surface area contributed by atoms with Gasteiger partial charge in [0.25, 0.3) is 0 Å². The van der Waals surface area contributed by atoms with E-state index in [0.717, 1.165) is 37.2 Å². The largest absolute Gasteiger partial charge is 0.741 e. The number of hydrogen-bond donors (Lipinski definition) is 0. The Bertz CT molecular complexity index is 2530. The van der Waals surface area contributed by atoms with Crippen LogP contribution < -0.4 is 13.9 Å². The second-order valence-corrected chi connectivity index (χ2v) is 15.5. The highest BCUT2D eigenvalue weighted by atomic mass is 32.2. The van der Waals surface area contributed by atoms with Crippen LogP contribution in [0, 0.1) is 13.8 Å².